The first-order valence-corrected chi connectivity index (χ1v) is 6.13. The van der Waals surface area contributed by atoms with Crippen LogP contribution in [0.25, 0.3) is 0 Å². The number of hydrogen-bond donors (Lipinski definition) is 1. The molecule has 0 aliphatic carbocycles. The van der Waals surface area contributed by atoms with Gasteiger partial charge in [-0.1, -0.05) is 28.1 Å². The molecule has 0 radical (unpaired) electrons. The maximum absolute atomic E-state index is 12.0. The summed E-state index contributed by atoms with van der Waals surface area (Å²) in [6, 6.07) is 5.55. The number of hydrogen-bond acceptors (Lipinski definition) is 1. The summed E-state index contributed by atoms with van der Waals surface area (Å²) in [7, 11) is 0. The lowest BCUT2D eigenvalue weighted by molar-refractivity contribution is -0.126. The molecule has 0 fully saturated rings. The Labute approximate surface area is 108 Å². The van der Waals surface area contributed by atoms with Crippen molar-refractivity contribution in [1.29, 1.82) is 0 Å². The van der Waals surface area contributed by atoms with E-state index < -0.39 is 12.7 Å². The van der Waals surface area contributed by atoms with E-state index in [1.807, 2.05) is 25.1 Å². The van der Waals surface area contributed by atoms with Gasteiger partial charge in [-0.15, -0.1) is 0 Å². The Morgan fingerprint density at radius 3 is 2.59 bits per heavy atom. The smallest absolute Gasteiger partial charge is 0.306 e. The zero-order valence-corrected chi connectivity index (χ0v) is 11.3. The molecule has 0 amide bonds. The van der Waals surface area contributed by atoms with Crippen molar-refractivity contribution in [2.45, 2.75) is 32.5 Å². The van der Waals surface area contributed by atoms with Gasteiger partial charge in [0, 0.05) is 10.5 Å². The van der Waals surface area contributed by atoms with E-state index in [2.05, 4.69) is 21.2 Å². The predicted octanol–water partition coefficient (Wildman–Crippen LogP) is 3.84. The van der Waals surface area contributed by atoms with Crippen molar-refractivity contribution in [3.05, 3.63) is 33.8 Å². The van der Waals surface area contributed by atoms with Crippen molar-refractivity contribution < 1.29 is 13.2 Å². The molecule has 1 nitrogen and oxygen atoms in total. The van der Waals surface area contributed by atoms with E-state index in [0.717, 1.165) is 15.6 Å². The minimum atomic E-state index is -4.15. The minimum Gasteiger partial charge on any atom is -0.306 e. The van der Waals surface area contributed by atoms with Crippen molar-refractivity contribution in [1.82, 2.24) is 5.32 Å². The molecule has 0 heterocycles. The number of halogens is 4. The molecule has 0 unspecified atom stereocenters. The Hall–Kier alpha value is -0.550. The number of alkyl halides is 3. The first-order chi connectivity index (χ1) is 7.79. The maximum atomic E-state index is 12.0. The van der Waals surface area contributed by atoms with Crippen LogP contribution in [0.15, 0.2) is 22.7 Å². The third kappa shape index (κ3) is 5.08. The summed E-state index contributed by atoms with van der Waals surface area (Å²) in [5.74, 6) is 0. The highest BCUT2D eigenvalue weighted by molar-refractivity contribution is 9.10. The van der Waals surface area contributed by atoms with E-state index in [4.69, 9.17) is 0 Å². The monoisotopic (exact) mass is 309 g/mol. The van der Waals surface area contributed by atoms with Gasteiger partial charge in [-0.3, -0.25) is 0 Å². The molecule has 0 aliphatic heterocycles. The van der Waals surface area contributed by atoms with E-state index in [9.17, 15) is 13.2 Å². The lowest BCUT2D eigenvalue weighted by Crippen LogP contribution is -2.36. The van der Waals surface area contributed by atoms with Crippen LogP contribution in [0.1, 0.15) is 18.1 Å². The van der Waals surface area contributed by atoms with E-state index in [0.29, 0.717) is 6.42 Å². The van der Waals surface area contributed by atoms with Crippen LogP contribution < -0.4 is 5.32 Å². The van der Waals surface area contributed by atoms with E-state index in [1.165, 1.54) is 0 Å². The molecule has 1 atom stereocenters. The summed E-state index contributed by atoms with van der Waals surface area (Å²) in [4.78, 5) is 0. The molecule has 1 rings (SSSR count). The van der Waals surface area contributed by atoms with Gasteiger partial charge >= 0.3 is 6.18 Å². The van der Waals surface area contributed by atoms with Crippen LogP contribution in [-0.4, -0.2) is 18.8 Å². The summed E-state index contributed by atoms with van der Waals surface area (Å²) in [6.45, 7) is 2.77. The van der Waals surface area contributed by atoms with Crippen molar-refractivity contribution in [3.63, 3.8) is 0 Å². The Bertz CT molecular complexity index is 377. The fourth-order valence-corrected chi connectivity index (χ4v) is 1.97. The second kappa shape index (κ2) is 5.87. The molecule has 1 aromatic rings. The zero-order chi connectivity index (χ0) is 13.1. The maximum Gasteiger partial charge on any atom is 0.401 e. The highest BCUT2D eigenvalue weighted by atomic mass is 79.9. The lowest BCUT2D eigenvalue weighted by Gasteiger charge is -2.17. The Balaban J connectivity index is 2.56. The van der Waals surface area contributed by atoms with Gasteiger partial charge in [-0.25, -0.2) is 0 Å². The molecule has 0 saturated heterocycles. The third-order valence-corrected chi connectivity index (χ3v) is 3.42. The minimum absolute atomic E-state index is 0.204. The zero-order valence-electron chi connectivity index (χ0n) is 9.74. The Kier molecular flexibility index (Phi) is 5.01. The summed E-state index contributed by atoms with van der Waals surface area (Å²) < 4.78 is 37.1. The summed E-state index contributed by atoms with van der Waals surface area (Å²) in [5.41, 5.74) is 2.13. The van der Waals surface area contributed by atoms with Gasteiger partial charge < -0.3 is 5.32 Å². The third-order valence-electron chi connectivity index (χ3n) is 2.56. The summed E-state index contributed by atoms with van der Waals surface area (Å²) >= 11 is 3.41. The molecule has 0 saturated carbocycles. The van der Waals surface area contributed by atoms with Crippen LogP contribution >= 0.6 is 15.9 Å². The quantitative estimate of drug-likeness (QED) is 0.891. The second-order valence-electron chi connectivity index (χ2n) is 4.13. The number of nitrogens with one attached hydrogen (secondary N) is 1. The normalized spacial score (nSPS) is 13.8. The summed E-state index contributed by atoms with van der Waals surface area (Å²) in [5, 5.41) is 2.48. The molecule has 0 bridgehead atoms. The van der Waals surface area contributed by atoms with Gasteiger partial charge in [-0.05, 0) is 37.5 Å². The topological polar surface area (TPSA) is 12.0 Å². The Morgan fingerprint density at radius 1 is 1.35 bits per heavy atom. The second-order valence-corrected chi connectivity index (χ2v) is 4.98. The van der Waals surface area contributed by atoms with Crippen LogP contribution in [0.3, 0.4) is 0 Å². The van der Waals surface area contributed by atoms with Gasteiger partial charge in [0.15, 0.2) is 0 Å². The predicted molar refractivity (Wildman–Crippen MR) is 66.1 cm³/mol. The largest absolute Gasteiger partial charge is 0.401 e. The average Bonchev–Trinajstić information content (AvgIpc) is 2.21. The van der Waals surface area contributed by atoms with Crippen LogP contribution in [0.5, 0.6) is 0 Å². The van der Waals surface area contributed by atoms with Crippen molar-refractivity contribution in [2.75, 3.05) is 6.54 Å². The van der Waals surface area contributed by atoms with Gasteiger partial charge in [0.25, 0.3) is 0 Å². The molecule has 0 spiro atoms. The number of rotatable bonds is 4. The molecule has 1 aromatic carbocycles. The van der Waals surface area contributed by atoms with Crippen molar-refractivity contribution in [2.24, 2.45) is 0 Å². The highest BCUT2D eigenvalue weighted by Gasteiger charge is 2.27. The fourth-order valence-electron chi connectivity index (χ4n) is 1.57. The molecule has 0 aliphatic rings. The van der Waals surface area contributed by atoms with Gasteiger partial charge in [-0.2, -0.15) is 13.2 Å². The molecule has 0 aromatic heterocycles. The van der Waals surface area contributed by atoms with Gasteiger partial charge in [0.2, 0.25) is 0 Å². The molecular formula is C12H15BrF3N. The van der Waals surface area contributed by atoms with Gasteiger partial charge in [0.05, 0.1) is 6.54 Å². The number of benzene rings is 1. The van der Waals surface area contributed by atoms with Gasteiger partial charge in [0.1, 0.15) is 0 Å². The molecular weight excluding hydrogens is 295 g/mol. The van der Waals surface area contributed by atoms with Crippen LogP contribution in [-0.2, 0) is 6.42 Å². The molecule has 17 heavy (non-hydrogen) atoms. The first-order valence-electron chi connectivity index (χ1n) is 5.33. The van der Waals surface area contributed by atoms with Crippen molar-refractivity contribution >= 4 is 15.9 Å². The highest BCUT2D eigenvalue weighted by Crippen LogP contribution is 2.20. The van der Waals surface area contributed by atoms with Crippen LogP contribution in [0, 0.1) is 6.92 Å². The lowest BCUT2D eigenvalue weighted by atomic mass is 10.0. The van der Waals surface area contributed by atoms with Crippen molar-refractivity contribution in [3.8, 4) is 0 Å². The first kappa shape index (κ1) is 14.5. The molecule has 96 valence electrons. The SMILES string of the molecule is Cc1c(Br)cccc1C[C@@H](C)NCC(F)(F)F. The van der Waals surface area contributed by atoms with Crippen LogP contribution in [0.4, 0.5) is 13.2 Å². The Morgan fingerprint density at radius 2 is 2.00 bits per heavy atom. The van der Waals surface area contributed by atoms with E-state index in [1.54, 1.807) is 6.92 Å². The van der Waals surface area contributed by atoms with E-state index in [-0.39, 0.29) is 6.04 Å². The fraction of sp³-hybridized carbons (Fsp3) is 0.500. The summed E-state index contributed by atoms with van der Waals surface area (Å²) in [6.07, 6.45) is -3.57. The standard InChI is InChI=1S/C12H15BrF3N/c1-8(17-7-12(14,15)16)6-10-4-3-5-11(13)9(10)2/h3-5,8,17H,6-7H2,1-2H3/t8-/m1/s1. The van der Waals surface area contributed by atoms with Crippen LogP contribution in [0.2, 0.25) is 0 Å². The average molecular weight is 310 g/mol. The van der Waals surface area contributed by atoms with E-state index >= 15 is 0 Å². The molecule has 1 N–H and O–H groups in total. The molecule has 5 heteroatoms.